The van der Waals surface area contributed by atoms with Gasteiger partial charge in [-0.1, -0.05) is 43.7 Å². The molecule has 1 fully saturated rings. The second-order valence-electron chi connectivity index (χ2n) is 8.72. The molecule has 1 aliphatic heterocycles. The van der Waals surface area contributed by atoms with Crippen molar-refractivity contribution in [3.05, 3.63) is 59.7 Å². The molecule has 1 aliphatic rings. The van der Waals surface area contributed by atoms with E-state index in [0.717, 1.165) is 37.1 Å². The van der Waals surface area contributed by atoms with Crippen LogP contribution in [0.3, 0.4) is 0 Å². The van der Waals surface area contributed by atoms with Gasteiger partial charge in [0.2, 0.25) is 5.91 Å². The SMILES string of the molecule is Cc1ccc(S(=O)(=O)N(CC(=O)NC2CCN(C)CC2)c2ccc(C(C)C)cc2)cc1. The van der Waals surface area contributed by atoms with Crippen molar-refractivity contribution in [3.63, 3.8) is 0 Å². The molecule has 1 amide bonds. The molecule has 3 rings (SSSR count). The van der Waals surface area contributed by atoms with Gasteiger partial charge in [0.15, 0.2) is 0 Å². The lowest BCUT2D eigenvalue weighted by Gasteiger charge is -2.30. The topological polar surface area (TPSA) is 69.7 Å². The fourth-order valence-corrected chi connectivity index (χ4v) is 5.16. The van der Waals surface area contributed by atoms with E-state index in [1.807, 2.05) is 19.1 Å². The first-order valence-electron chi connectivity index (χ1n) is 10.8. The number of likely N-dealkylation sites (tertiary alicyclic amines) is 1. The molecular formula is C24H33N3O3S. The van der Waals surface area contributed by atoms with Crippen molar-refractivity contribution in [2.75, 3.05) is 31.0 Å². The predicted octanol–water partition coefficient (Wildman–Crippen LogP) is 3.52. The molecule has 6 nitrogen and oxygen atoms in total. The lowest BCUT2D eigenvalue weighted by Crippen LogP contribution is -2.47. The van der Waals surface area contributed by atoms with Crippen LogP contribution in [0.5, 0.6) is 0 Å². The summed E-state index contributed by atoms with van der Waals surface area (Å²) in [6.07, 6.45) is 1.74. The van der Waals surface area contributed by atoms with Crippen molar-refractivity contribution in [1.29, 1.82) is 0 Å². The van der Waals surface area contributed by atoms with Crippen LogP contribution in [0.15, 0.2) is 53.4 Å². The maximum atomic E-state index is 13.5. The second-order valence-corrected chi connectivity index (χ2v) is 10.6. The van der Waals surface area contributed by atoms with E-state index in [9.17, 15) is 13.2 Å². The molecule has 0 aromatic heterocycles. The highest BCUT2D eigenvalue weighted by atomic mass is 32.2. The average Bonchev–Trinajstić information content (AvgIpc) is 2.74. The minimum Gasteiger partial charge on any atom is -0.352 e. The fourth-order valence-electron chi connectivity index (χ4n) is 3.73. The molecule has 0 aliphatic carbocycles. The highest BCUT2D eigenvalue weighted by molar-refractivity contribution is 7.92. The molecule has 168 valence electrons. The fraction of sp³-hybridized carbons (Fsp3) is 0.458. The van der Waals surface area contributed by atoms with Gasteiger partial charge in [-0.3, -0.25) is 9.10 Å². The number of hydrogen-bond donors (Lipinski definition) is 1. The lowest BCUT2D eigenvalue weighted by molar-refractivity contribution is -0.120. The number of anilines is 1. The van der Waals surface area contributed by atoms with E-state index >= 15 is 0 Å². The van der Waals surface area contributed by atoms with Crippen molar-refractivity contribution in [1.82, 2.24) is 10.2 Å². The summed E-state index contributed by atoms with van der Waals surface area (Å²) in [6.45, 7) is 7.69. The molecule has 2 aromatic rings. The van der Waals surface area contributed by atoms with Crippen LogP contribution in [-0.2, 0) is 14.8 Å². The third-order valence-electron chi connectivity index (χ3n) is 5.83. The lowest BCUT2D eigenvalue weighted by atomic mass is 10.0. The zero-order valence-corrected chi connectivity index (χ0v) is 19.7. The van der Waals surface area contributed by atoms with Gasteiger partial charge in [-0.05, 0) is 75.6 Å². The molecule has 0 atom stereocenters. The van der Waals surface area contributed by atoms with Crippen LogP contribution in [0, 0.1) is 6.92 Å². The van der Waals surface area contributed by atoms with Crippen LogP contribution in [-0.4, -0.2) is 51.9 Å². The Morgan fingerprint density at radius 1 is 1.06 bits per heavy atom. The molecule has 0 unspecified atom stereocenters. The van der Waals surface area contributed by atoms with Gasteiger partial charge < -0.3 is 10.2 Å². The number of hydrogen-bond acceptors (Lipinski definition) is 4. The predicted molar refractivity (Wildman–Crippen MR) is 125 cm³/mol. The quantitative estimate of drug-likeness (QED) is 0.711. The van der Waals surface area contributed by atoms with Crippen molar-refractivity contribution in [2.45, 2.75) is 50.5 Å². The second kappa shape index (κ2) is 9.83. The van der Waals surface area contributed by atoms with E-state index in [2.05, 4.69) is 31.1 Å². The van der Waals surface area contributed by atoms with Crippen molar-refractivity contribution in [2.24, 2.45) is 0 Å². The minimum atomic E-state index is -3.88. The van der Waals surface area contributed by atoms with E-state index in [1.165, 1.54) is 4.31 Å². The standard InChI is InChI=1S/C24H33N3O3S/c1-18(2)20-7-9-22(10-8-20)27(31(29,30)23-11-5-19(3)6-12-23)17-24(28)25-21-13-15-26(4)16-14-21/h5-12,18,21H,13-17H2,1-4H3,(H,25,28). The van der Waals surface area contributed by atoms with Gasteiger partial charge in [-0.25, -0.2) is 8.42 Å². The third kappa shape index (κ3) is 5.86. The number of aryl methyl sites for hydroxylation is 1. The largest absolute Gasteiger partial charge is 0.352 e. The van der Waals surface area contributed by atoms with Crippen LogP contribution >= 0.6 is 0 Å². The normalized spacial score (nSPS) is 15.8. The van der Waals surface area contributed by atoms with Gasteiger partial charge in [-0.15, -0.1) is 0 Å². The van der Waals surface area contributed by atoms with Crippen molar-refractivity contribution >= 4 is 21.6 Å². The van der Waals surface area contributed by atoms with Crippen LogP contribution in [0.4, 0.5) is 5.69 Å². The zero-order valence-electron chi connectivity index (χ0n) is 18.8. The van der Waals surface area contributed by atoms with Crippen LogP contribution in [0.2, 0.25) is 0 Å². The molecule has 1 saturated heterocycles. The first kappa shape index (κ1) is 23.3. The van der Waals surface area contributed by atoms with Gasteiger partial charge >= 0.3 is 0 Å². The Bertz CT molecular complexity index is 978. The number of piperidine rings is 1. The van der Waals surface area contributed by atoms with Gasteiger partial charge in [-0.2, -0.15) is 0 Å². The monoisotopic (exact) mass is 443 g/mol. The number of amides is 1. The Morgan fingerprint density at radius 3 is 2.19 bits per heavy atom. The molecular weight excluding hydrogens is 410 g/mol. The number of nitrogens with zero attached hydrogens (tertiary/aromatic N) is 2. The number of sulfonamides is 1. The first-order chi connectivity index (χ1) is 14.7. The number of carbonyl (C=O) groups excluding carboxylic acids is 1. The Labute approximate surface area is 186 Å². The maximum absolute atomic E-state index is 13.5. The van der Waals surface area contributed by atoms with Gasteiger partial charge in [0.1, 0.15) is 6.54 Å². The molecule has 0 bridgehead atoms. The molecule has 0 radical (unpaired) electrons. The molecule has 2 aromatic carbocycles. The number of carbonyl (C=O) groups is 1. The Morgan fingerprint density at radius 2 is 1.65 bits per heavy atom. The molecule has 7 heteroatoms. The number of rotatable bonds is 7. The summed E-state index contributed by atoms with van der Waals surface area (Å²) >= 11 is 0. The summed E-state index contributed by atoms with van der Waals surface area (Å²) in [7, 11) is -1.82. The molecule has 1 N–H and O–H groups in total. The van der Waals surface area contributed by atoms with Crippen molar-refractivity contribution in [3.8, 4) is 0 Å². The summed E-state index contributed by atoms with van der Waals surface area (Å²) in [4.78, 5) is 15.3. The summed E-state index contributed by atoms with van der Waals surface area (Å²) in [5.74, 6) is 0.0575. The number of nitrogens with one attached hydrogen (secondary N) is 1. The summed E-state index contributed by atoms with van der Waals surface area (Å²) < 4.78 is 28.2. The van der Waals surface area contributed by atoms with Gasteiger partial charge in [0, 0.05) is 6.04 Å². The Hall–Kier alpha value is -2.38. The zero-order chi connectivity index (χ0) is 22.6. The van der Waals surface area contributed by atoms with E-state index in [1.54, 1.807) is 36.4 Å². The third-order valence-corrected chi connectivity index (χ3v) is 7.62. The van der Waals surface area contributed by atoms with Crippen LogP contribution in [0.1, 0.15) is 43.7 Å². The van der Waals surface area contributed by atoms with Gasteiger partial charge in [0.25, 0.3) is 10.0 Å². The molecule has 31 heavy (non-hydrogen) atoms. The van der Waals surface area contributed by atoms with Crippen LogP contribution in [0.25, 0.3) is 0 Å². The summed E-state index contributed by atoms with van der Waals surface area (Å²) in [5, 5.41) is 3.03. The van der Waals surface area contributed by atoms with E-state index in [4.69, 9.17) is 0 Å². The smallest absolute Gasteiger partial charge is 0.264 e. The molecule has 0 spiro atoms. The van der Waals surface area contributed by atoms with Crippen LogP contribution < -0.4 is 9.62 Å². The highest BCUT2D eigenvalue weighted by Gasteiger charge is 2.28. The van der Waals surface area contributed by atoms with E-state index < -0.39 is 10.0 Å². The number of benzene rings is 2. The molecule has 1 heterocycles. The Balaban J connectivity index is 1.86. The van der Waals surface area contributed by atoms with Crippen molar-refractivity contribution < 1.29 is 13.2 Å². The molecule has 0 saturated carbocycles. The van der Waals surface area contributed by atoms with Gasteiger partial charge in [0.05, 0.1) is 10.6 Å². The minimum absolute atomic E-state index is 0.0796. The van der Waals surface area contributed by atoms with E-state index in [-0.39, 0.29) is 23.4 Å². The van der Waals surface area contributed by atoms with E-state index in [0.29, 0.717) is 11.6 Å². The summed E-state index contributed by atoms with van der Waals surface area (Å²) in [6, 6.07) is 14.2. The maximum Gasteiger partial charge on any atom is 0.264 e. The first-order valence-corrected chi connectivity index (χ1v) is 12.3. The summed E-state index contributed by atoms with van der Waals surface area (Å²) in [5.41, 5.74) is 2.59. The highest BCUT2D eigenvalue weighted by Crippen LogP contribution is 2.26. The average molecular weight is 444 g/mol. The Kier molecular flexibility index (Phi) is 7.38.